The maximum Gasteiger partial charge on any atom is 0.341 e. The highest BCUT2D eigenvalue weighted by Gasteiger charge is 2.24. The molecule has 0 bridgehead atoms. The summed E-state index contributed by atoms with van der Waals surface area (Å²) in [4.78, 5) is 25.7. The summed E-state index contributed by atoms with van der Waals surface area (Å²) in [5, 5.41) is 14.3. The van der Waals surface area contributed by atoms with Crippen molar-refractivity contribution in [3.05, 3.63) is 76.1 Å². The molecule has 2 aromatic heterocycles. The second kappa shape index (κ2) is 13.1. The Kier molecular flexibility index (Phi) is 9.60. The van der Waals surface area contributed by atoms with E-state index in [2.05, 4.69) is 15.5 Å². The molecule has 8 nitrogen and oxygen atoms in total. The lowest BCUT2D eigenvalue weighted by molar-refractivity contribution is -0.113. The minimum atomic E-state index is -0.529. The number of esters is 1. The van der Waals surface area contributed by atoms with E-state index >= 15 is 0 Å². The lowest BCUT2D eigenvalue weighted by atomic mass is 10.0. The zero-order valence-electron chi connectivity index (χ0n) is 21.4. The van der Waals surface area contributed by atoms with Crippen molar-refractivity contribution in [1.29, 1.82) is 0 Å². The summed E-state index contributed by atoms with van der Waals surface area (Å²) in [5.41, 5.74) is 1.89. The van der Waals surface area contributed by atoms with Crippen LogP contribution in [0.2, 0.25) is 5.02 Å². The van der Waals surface area contributed by atoms with E-state index in [9.17, 15) is 14.0 Å². The molecule has 0 saturated heterocycles. The van der Waals surface area contributed by atoms with Crippen molar-refractivity contribution in [3.8, 4) is 16.9 Å². The number of anilines is 1. The molecule has 12 heteroatoms. The maximum absolute atomic E-state index is 13.4. The van der Waals surface area contributed by atoms with Gasteiger partial charge >= 0.3 is 5.97 Å². The molecule has 0 spiro atoms. The number of carbonyl (C=O) groups is 2. The molecule has 4 rings (SSSR count). The number of nitrogens with one attached hydrogen (secondary N) is 1. The van der Waals surface area contributed by atoms with Gasteiger partial charge in [0.15, 0.2) is 17.1 Å². The molecule has 1 amide bonds. The third-order valence-electron chi connectivity index (χ3n) is 5.56. The summed E-state index contributed by atoms with van der Waals surface area (Å²) >= 11 is 8.57. The smallest absolute Gasteiger partial charge is 0.341 e. The number of rotatable bonds is 11. The highest BCUT2D eigenvalue weighted by molar-refractivity contribution is 7.99. The molecule has 204 valence electrons. The summed E-state index contributed by atoms with van der Waals surface area (Å²) < 4.78 is 26.4. The first kappa shape index (κ1) is 28.6. The number of hydrogen-bond donors (Lipinski definition) is 1. The van der Waals surface area contributed by atoms with E-state index in [0.29, 0.717) is 39.4 Å². The van der Waals surface area contributed by atoms with Crippen molar-refractivity contribution in [2.45, 2.75) is 38.6 Å². The lowest BCUT2D eigenvalue weighted by Gasteiger charge is -2.16. The van der Waals surface area contributed by atoms with Crippen molar-refractivity contribution in [2.75, 3.05) is 17.7 Å². The predicted molar refractivity (Wildman–Crippen MR) is 151 cm³/mol. The summed E-state index contributed by atoms with van der Waals surface area (Å²) in [6.07, 6.45) is -0.529. The van der Waals surface area contributed by atoms with Gasteiger partial charge in [-0.3, -0.25) is 4.79 Å². The van der Waals surface area contributed by atoms with Gasteiger partial charge in [-0.15, -0.1) is 21.5 Å². The standard InChI is InChI=1S/C27H26ClFN4O4S2/c1-4-33-24(16(3)37-21-12-11-18(29)13-20(21)28)31-32-27(33)39-15-22(34)30-25-23(26(35)36-5-2)19(14-38-25)17-9-7-6-8-10-17/h6-14,16H,4-5,15H2,1-3H3,(H,30,34). The molecule has 39 heavy (non-hydrogen) atoms. The number of ether oxygens (including phenoxy) is 2. The third kappa shape index (κ3) is 6.78. The van der Waals surface area contributed by atoms with E-state index in [1.807, 2.05) is 47.2 Å². The number of aromatic nitrogens is 3. The van der Waals surface area contributed by atoms with Crippen LogP contribution >= 0.6 is 34.7 Å². The number of halogens is 2. The molecule has 0 aliphatic carbocycles. The van der Waals surface area contributed by atoms with Crippen LogP contribution in [0.25, 0.3) is 11.1 Å². The normalized spacial score (nSPS) is 11.7. The van der Waals surface area contributed by atoms with Crippen LogP contribution in [0, 0.1) is 5.82 Å². The number of thiophene rings is 1. The van der Waals surface area contributed by atoms with E-state index in [4.69, 9.17) is 21.1 Å². The Bertz CT molecular complexity index is 1460. The van der Waals surface area contributed by atoms with Gasteiger partial charge in [-0.05, 0) is 44.5 Å². The molecule has 1 N–H and O–H groups in total. The fourth-order valence-corrected chi connectivity index (χ4v) is 5.79. The average molecular weight is 589 g/mol. The molecular formula is C27H26ClFN4O4S2. The predicted octanol–water partition coefficient (Wildman–Crippen LogP) is 6.87. The van der Waals surface area contributed by atoms with E-state index in [-0.39, 0.29) is 23.3 Å². The summed E-state index contributed by atoms with van der Waals surface area (Å²) in [6.45, 7) is 6.21. The van der Waals surface area contributed by atoms with Crippen LogP contribution in [0.4, 0.5) is 9.39 Å². The average Bonchev–Trinajstić information content (AvgIpc) is 3.53. The van der Waals surface area contributed by atoms with Crippen molar-refractivity contribution >= 4 is 51.6 Å². The zero-order valence-corrected chi connectivity index (χ0v) is 23.8. The Balaban J connectivity index is 1.46. The maximum atomic E-state index is 13.4. The number of thioether (sulfide) groups is 1. The fraction of sp³-hybridized carbons (Fsp3) is 0.259. The van der Waals surface area contributed by atoms with Crippen LogP contribution in [0.1, 0.15) is 43.1 Å². The first-order chi connectivity index (χ1) is 18.8. The second-order valence-electron chi connectivity index (χ2n) is 8.20. The van der Waals surface area contributed by atoms with Gasteiger partial charge in [0.05, 0.1) is 17.4 Å². The van der Waals surface area contributed by atoms with Crippen molar-refractivity contribution in [3.63, 3.8) is 0 Å². The molecule has 0 aliphatic heterocycles. The highest BCUT2D eigenvalue weighted by Crippen LogP contribution is 2.36. The van der Waals surface area contributed by atoms with Gasteiger partial charge in [0, 0.05) is 17.5 Å². The molecular weight excluding hydrogens is 563 g/mol. The molecule has 1 atom stereocenters. The van der Waals surface area contributed by atoms with Gasteiger partial charge in [0.2, 0.25) is 5.91 Å². The minimum Gasteiger partial charge on any atom is -0.481 e. The number of benzene rings is 2. The van der Waals surface area contributed by atoms with Crippen LogP contribution in [0.5, 0.6) is 5.75 Å². The summed E-state index contributed by atoms with van der Waals surface area (Å²) in [5.74, 6) is -0.350. The molecule has 2 aromatic carbocycles. The SMILES string of the molecule is CCOC(=O)c1c(-c2ccccc2)csc1NC(=O)CSc1nnc(C(C)Oc2ccc(F)cc2Cl)n1CC. The number of hydrogen-bond acceptors (Lipinski definition) is 8. The van der Waals surface area contributed by atoms with Crippen LogP contribution in [0.15, 0.2) is 59.1 Å². The largest absolute Gasteiger partial charge is 0.481 e. The van der Waals surface area contributed by atoms with Crippen LogP contribution < -0.4 is 10.1 Å². The van der Waals surface area contributed by atoms with E-state index in [1.54, 1.807) is 13.8 Å². The molecule has 2 heterocycles. The van der Waals surface area contributed by atoms with E-state index in [0.717, 1.165) is 5.56 Å². The molecule has 0 aliphatic rings. The third-order valence-corrected chi connectivity index (χ3v) is 7.72. The Hall–Kier alpha value is -3.41. The van der Waals surface area contributed by atoms with Gasteiger partial charge in [0.25, 0.3) is 0 Å². The highest BCUT2D eigenvalue weighted by atomic mass is 35.5. The number of carbonyl (C=O) groups excluding carboxylic acids is 2. The Labute approximate surface area is 238 Å². The molecule has 0 saturated carbocycles. The monoisotopic (exact) mass is 588 g/mol. The van der Waals surface area contributed by atoms with Gasteiger partial charge in [-0.2, -0.15) is 0 Å². The van der Waals surface area contributed by atoms with Crippen molar-refractivity contribution < 1.29 is 23.5 Å². The van der Waals surface area contributed by atoms with Crippen molar-refractivity contribution in [1.82, 2.24) is 14.8 Å². The fourth-order valence-electron chi connectivity index (χ4n) is 3.80. The van der Waals surface area contributed by atoms with Gasteiger partial charge < -0.3 is 19.4 Å². The Morgan fingerprint density at radius 3 is 2.64 bits per heavy atom. The molecule has 1 unspecified atom stereocenters. The van der Waals surface area contributed by atoms with Crippen LogP contribution in [-0.4, -0.2) is 39.0 Å². The van der Waals surface area contributed by atoms with Gasteiger partial charge in [0.1, 0.15) is 22.1 Å². The first-order valence-corrected chi connectivity index (χ1v) is 14.4. The number of amides is 1. The van der Waals surface area contributed by atoms with Gasteiger partial charge in [-0.1, -0.05) is 53.7 Å². The minimum absolute atomic E-state index is 0.0397. The summed E-state index contributed by atoms with van der Waals surface area (Å²) in [7, 11) is 0. The topological polar surface area (TPSA) is 95.3 Å². The second-order valence-corrected chi connectivity index (χ2v) is 10.4. The van der Waals surface area contributed by atoms with E-state index in [1.165, 1.54) is 41.3 Å². The summed E-state index contributed by atoms with van der Waals surface area (Å²) in [6, 6.07) is 13.4. The Morgan fingerprint density at radius 2 is 1.95 bits per heavy atom. The molecule has 0 fully saturated rings. The van der Waals surface area contributed by atoms with Crippen LogP contribution in [-0.2, 0) is 16.1 Å². The van der Waals surface area contributed by atoms with Crippen molar-refractivity contribution in [2.24, 2.45) is 0 Å². The molecule has 4 aromatic rings. The van der Waals surface area contributed by atoms with E-state index < -0.39 is 17.9 Å². The van der Waals surface area contributed by atoms with Crippen LogP contribution in [0.3, 0.4) is 0 Å². The van der Waals surface area contributed by atoms with Gasteiger partial charge in [-0.25, -0.2) is 9.18 Å². The first-order valence-electron chi connectivity index (χ1n) is 12.1. The number of nitrogens with zero attached hydrogens (tertiary/aromatic N) is 3. The quantitative estimate of drug-likeness (QED) is 0.151. The zero-order chi connectivity index (χ0) is 27.9. The lowest BCUT2D eigenvalue weighted by Crippen LogP contribution is -2.17. The molecule has 0 radical (unpaired) electrons. The Morgan fingerprint density at radius 1 is 1.18 bits per heavy atom.